The maximum absolute atomic E-state index is 5.62. The molecule has 0 amide bonds. The lowest BCUT2D eigenvalue weighted by atomic mass is 10.1. The molecule has 0 aliphatic heterocycles. The van der Waals surface area contributed by atoms with Crippen molar-refractivity contribution in [2.24, 2.45) is 5.92 Å². The smallest absolute Gasteiger partial charge is 0.172 e. The van der Waals surface area contributed by atoms with Gasteiger partial charge in [-0.25, -0.2) is 4.57 Å². The summed E-state index contributed by atoms with van der Waals surface area (Å²) in [6, 6.07) is 4.04. The maximum atomic E-state index is 5.62. The minimum Gasteiger partial charge on any atom is -0.493 e. The number of nitrogens with zero attached hydrogens (tertiary/aromatic N) is 1. The first-order chi connectivity index (χ1) is 6.89. The molecule has 2 nitrogen and oxygen atoms in total. The number of hydrogen-bond acceptors (Lipinski definition) is 1. The SMILES string of the molecule is CC(C)COc1cc[n+](C(C)(C)C)cc1. The Kier molecular flexibility index (Phi) is 3.72. The zero-order chi connectivity index (χ0) is 11.5. The lowest BCUT2D eigenvalue weighted by Crippen LogP contribution is -2.49. The molecule has 84 valence electrons. The molecule has 2 heteroatoms. The first-order valence-electron chi connectivity index (χ1n) is 5.54. The van der Waals surface area contributed by atoms with Crippen LogP contribution in [0.25, 0.3) is 0 Å². The van der Waals surface area contributed by atoms with Crippen molar-refractivity contribution < 1.29 is 9.30 Å². The van der Waals surface area contributed by atoms with Gasteiger partial charge >= 0.3 is 0 Å². The second-order valence-corrected chi connectivity index (χ2v) is 5.32. The second kappa shape index (κ2) is 4.65. The molecule has 0 atom stereocenters. The van der Waals surface area contributed by atoms with Crippen LogP contribution in [-0.2, 0) is 5.54 Å². The summed E-state index contributed by atoms with van der Waals surface area (Å²) in [5.74, 6) is 1.52. The van der Waals surface area contributed by atoms with Gasteiger partial charge in [-0.3, -0.25) is 0 Å². The minimum absolute atomic E-state index is 0.135. The summed E-state index contributed by atoms with van der Waals surface area (Å²) >= 11 is 0. The van der Waals surface area contributed by atoms with E-state index < -0.39 is 0 Å². The summed E-state index contributed by atoms with van der Waals surface area (Å²) in [6.07, 6.45) is 4.13. The molecule has 1 rings (SSSR count). The van der Waals surface area contributed by atoms with Gasteiger partial charge in [0.2, 0.25) is 0 Å². The Bertz CT molecular complexity index is 295. The van der Waals surface area contributed by atoms with Crippen molar-refractivity contribution in [3.8, 4) is 5.75 Å². The van der Waals surface area contributed by atoms with Crippen molar-refractivity contribution in [3.63, 3.8) is 0 Å². The van der Waals surface area contributed by atoms with Crippen LogP contribution in [0, 0.1) is 5.92 Å². The third-order valence-electron chi connectivity index (χ3n) is 2.16. The molecule has 1 heterocycles. The quantitative estimate of drug-likeness (QED) is 0.696. The van der Waals surface area contributed by atoms with E-state index >= 15 is 0 Å². The number of aromatic nitrogens is 1. The van der Waals surface area contributed by atoms with Crippen molar-refractivity contribution in [1.82, 2.24) is 0 Å². The van der Waals surface area contributed by atoms with Crippen LogP contribution in [0.4, 0.5) is 0 Å². The number of pyridine rings is 1. The van der Waals surface area contributed by atoms with Gasteiger partial charge in [-0.15, -0.1) is 0 Å². The minimum atomic E-state index is 0.135. The third kappa shape index (κ3) is 3.90. The molecule has 0 radical (unpaired) electrons. The normalized spacial score (nSPS) is 11.9. The van der Waals surface area contributed by atoms with E-state index in [2.05, 4.69) is 51.6 Å². The summed E-state index contributed by atoms with van der Waals surface area (Å²) in [7, 11) is 0. The van der Waals surface area contributed by atoms with Crippen molar-refractivity contribution in [1.29, 1.82) is 0 Å². The highest BCUT2D eigenvalue weighted by Crippen LogP contribution is 2.10. The largest absolute Gasteiger partial charge is 0.493 e. The Hall–Kier alpha value is -1.05. The fourth-order valence-corrected chi connectivity index (χ4v) is 1.22. The molecular weight excluding hydrogens is 186 g/mol. The van der Waals surface area contributed by atoms with E-state index in [0.29, 0.717) is 5.92 Å². The van der Waals surface area contributed by atoms with Gasteiger partial charge in [0.25, 0.3) is 0 Å². The molecule has 0 saturated carbocycles. The van der Waals surface area contributed by atoms with E-state index in [1.54, 1.807) is 0 Å². The highest BCUT2D eigenvalue weighted by molar-refractivity contribution is 5.14. The van der Waals surface area contributed by atoms with E-state index in [4.69, 9.17) is 4.74 Å². The van der Waals surface area contributed by atoms with Crippen LogP contribution in [0.15, 0.2) is 24.5 Å². The van der Waals surface area contributed by atoms with Gasteiger partial charge in [0.15, 0.2) is 17.9 Å². The number of hydrogen-bond donors (Lipinski definition) is 0. The predicted molar refractivity (Wildman–Crippen MR) is 62.0 cm³/mol. The molecular formula is C13H22NO+. The molecule has 15 heavy (non-hydrogen) atoms. The van der Waals surface area contributed by atoms with Crippen molar-refractivity contribution in [2.75, 3.05) is 6.61 Å². The Morgan fingerprint density at radius 2 is 1.73 bits per heavy atom. The van der Waals surface area contributed by atoms with Gasteiger partial charge < -0.3 is 4.74 Å². The fraction of sp³-hybridized carbons (Fsp3) is 0.615. The summed E-state index contributed by atoms with van der Waals surface area (Å²) < 4.78 is 7.80. The molecule has 0 aliphatic carbocycles. The average Bonchev–Trinajstić information content (AvgIpc) is 2.14. The molecule has 0 N–H and O–H groups in total. The molecule has 1 aromatic rings. The van der Waals surface area contributed by atoms with Crippen molar-refractivity contribution in [2.45, 2.75) is 40.2 Å². The van der Waals surface area contributed by atoms with Crippen LogP contribution < -0.4 is 9.30 Å². The van der Waals surface area contributed by atoms with E-state index in [0.717, 1.165) is 12.4 Å². The number of ether oxygens (including phenoxy) is 1. The zero-order valence-electron chi connectivity index (χ0n) is 10.4. The summed E-state index contributed by atoms with van der Waals surface area (Å²) in [4.78, 5) is 0. The summed E-state index contributed by atoms with van der Waals surface area (Å²) in [5, 5.41) is 0. The average molecular weight is 208 g/mol. The van der Waals surface area contributed by atoms with Crippen LogP contribution in [0.3, 0.4) is 0 Å². The second-order valence-electron chi connectivity index (χ2n) is 5.32. The summed E-state index contributed by atoms with van der Waals surface area (Å²) in [5.41, 5.74) is 0.135. The molecule has 0 spiro atoms. The van der Waals surface area contributed by atoms with Gasteiger partial charge in [0.1, 0.15) is 5.75 Å². The fourth-order valence-electron chi connectivity index (χ4n) is 1.22. The van der Waals surface area contributed by atoms with E-state index in [1.807, 2.05) is 12.1 Å². The number of rotatable bonds is 3. The Labute approximate surface area is 92.9 Å². The van der Waals surface area contributed by atoms with Gasteiger partial charge in [0, 0.05) is 32.9 Å². The first kappa shape index (κ1) is 12.0. The van der Waals surface area contributed by atoms with Crippen LogP contribution >= 0.6 is 0 Å². The van der Waals surface area contributed by atoms with Crippen LogP contribution in [0.2, 0.25) is 0 Å². The Balaban J connectivity index is 2.65. The molecule has 0 fully saturated rings. The Morgan fingerprint density at radius 1 is 1.20 bits per heavy atom. The van der Waals surface area contributed by atoms with Gasteiger partial charge in [-0.2, -0.15) is 0 Å². The Morgan fingerprint density at radius 3 is 2.13 bits per heavy atom. The van der Waals surface area contributed by atoms with Gasteiger partial charge in [-0.05, 0) is 5.92 Å². The van der Waals surface area contributed by atoms with Crippen molar-refractivity contribution >= 4 is 0 Å². The maximum Gasteiger partial charge on any atom is 0.172 e. The first-order valence-corrected chi connectivity index (χ1v) is 5.54. The standard InChI is InChI=1S/C13H22NO/c1-11(2)10-15-12-6-8-14(9-7-12)13(3,4)5/h6-9,11H,10H2,1-5H3/q+1. The van der Waals surface area contributed by atoms with Crippen molar-refractivity contribution in [3.05, 3.63) is 24.5 Å². The van der Waals surface area contributed by atoms with Gasteiger partial charge in [-0.1, -0.05) is 13.8 Å². The zero-order valence-corrected chi connectivity index (χ0v) is 10.4. The lowest BCUT2D eigenvalue weighted by molar-refractivity contribution is -0.754. The lowest BCUT2D eigenvalue weighted by Gasteiger charge is -2.13. The van der Waals surface area contributed by atoms with Crippen LogP contribution in [0.1, 0.15) is 34.6 Å². The van der Waals surface area contributed by atoms with Gasteiger partial charge in [0.05, 0.1) is 6.61 Å². The highest BCUT2D eigenvalue weighted by atomic mass is 16.5. The van der Waals surface area contributed by atoms with E-state index in [-0.39, 0.29) is 5.54 Å². The molecule has 0 unspecified atom stereocenters. The third-order valence-corrected chi connectivity index (χ3v) is 2.16. The monoisotopic (exact) mass is 208 g/mol. The topological polar surface area (TPSA) is 13.1 Å². The molecule has 0 aliphatic rings. The molecule has 1 aromatic heterocycles. The molecule has 0 saturated heterocycles. The summed E-state index contributed by atoms with van der Waals surface area (Å²) in [6.45, 7) is 11.6. The predicted octanol–water partition coefficient (Wildman–Crippen LogP) is 2.76. The van der Waals surface area contributed by atoms with Crippen LogP contribution in [0.5, 0.6) is 5.75 Å². The molecule has 0 bridgehead atoms. The molecule has 0 aromatic carbocycles. The van der Waals surface area contributed by atoms with E-state index in [1.165, 1.54) is 0 Å². The highest BCUT2D eigenvalue weighted by Gasteiger charge is 2.20. The van der Waals surface area contributed by atoms with Crippen LogP contribution in [-0.4, -0.2) is 6.61 Å². The van der Waals surface area contributed by atoms with E-state index in [9.17, 15) is 0 Å².